The van der Waals surface area contributed by atoms with E-state index >= 15 is 0 Å². The molecule has 1 aromatic heterocycles. The number of halogens is 1. The molecule has 2 saturated heterocycles. The monoisotopic (exact) mass is 493 g/mol. The third kappa shape index (κ3) is 4.26. The van der Waals surface area contributed by atoms with Crippen LogP contribution in [0.2, 0.25) is 5.02 Å². The van der Waals surface area contributed by atoms with Crippen LogP contribution in [0, 0.1) is 0 Å². The predicted molar refractivity (Wildman–Crippen MR) is 137 cm³/mol. The highest BCUT2D eigenvalue weighted by Crippen LogP contribution is 2.37. The van der Waals surface area contributed by atoms with Gasteiger partial charge in [0.1, 0.15) is 6.54 Å². The minimum Gasteiger partial charge on any atom is -0.338 e. The molecule has 2 aromatic carbocycles. The normalized spacial score (nSPS) is 20.1. The van der Waals surface area contributed by atoms with E-state index in [0.717, 1.165) is 58.9 Å². The zero-order valence-electron chi connectivity index (χ0n) is 18.7. The molecule has 1 atom stereocenters. The molecule has 0 bridgehead atoms. The van der Waals surface area contributed by atoms with Gasteiger partial charge in [-0.15, -0.1) is 0 Å². The Morgan fingerprint density at radius 1 is 1.15 bits per heavy atom. The number of carbonyl (C=O) groups excluding carboxylic acids is 3. The molecule has 0 N–H and O–H groups in total. The van der Waals surface area contributed by atoms with Crippen molar-refractivity contribution in [3.05, 3.63) is 70.2 Å². The quantitative estimate of drug-likeness (QED) is 0.422. The first-order chi connectivity index (χ1) is 16.4. The molecule has 8 heteroatoms. The van der Waals surface area contributed by atoms with Crippen LogP contribution in [0.3, 0.4) is 0 Å². The van der Waals surface area contributed by atoms with Crippen molar-refractivity contribution >= 4 is 63.1 Å². The fraction of sp³-hybridized carbons (Fsp3) is 0.269. The van der Waals surface area contributed by atoms with E-state index in [9.17, 15) is 14.4 Å². The van der Waals surface area contributed by atoms with Gasteiger partial charge in [0.15, 0.2) is 0 Å². The second kappa shape index (κ2) is 9.31. The predicted octanol–water partition coefficient (Wildman–Crippen LogP) is 5.94. The van der Waals surface area contributed by atoms with Crippen LogP contribution in [0.1, 0.15) is 31.7 Å². The first kappa shape index (κ1) is 22.7. The maximum Gasteiger partial charge on any atom is 0.298 e. The van der Waals surface area contributed by atoms with E-state index in [4.69, 9.17) is 11.6 Å². The van der Waals surface area contributed by atoms with Gasteiger partial charge in [-0.05, 0) is 68.3 Å². The number of hydrogen-bond donors (Lipinski definition) is 0. The van der Waals surface area contributed by atoms with Crippen molar-refractivity contribution in [3.8, 4) is 0 Å². The first-order valence-corrected chi connectivity index (χ1v) is 12.5. The van der Waals surface area contributed by atoms with E-state index in [1.807, 2.05) is 39.9 Å². The topological polar surface area (TPSA) is 62.6 Å². The summed E-state index contributed by atoms with van der Waals surface area (Å²) in [6.45, 7) is 3.14. The number of aromatic nitrogens is 1. The maximum absolute atomic E-state index is 13.1. The molecule has 3 aromatic rings. The van der Waals surface area contributed by atoms with Crippen LogP contribution in [0.5, 0.6) is 0 Å². The van der Waals surface area contributed by atoms with Gasteiger partial charge < -0.3 is 9.47 Å². The smallest absolute Gasteiger partial charge is 0.298 e. The van der Waals surface area contributed by atoms with E-state index < -0.39 is 0 Å². The Labute approximate surface area is 207 Å². The van der Waals surface area contributed by atoms with Crippen LogP contribution >= 0.6 is 23.4 Å². The molecule has 0 radical (unpaired) electrons. The molecule has 3 heterocycles. The highest BCUT2D eigenvalue weighted by molar-refractivity contribution is 8.19. The van der Waals surface area contributed by atoms with Gasteiger partial charge in [0.05, 0.1) is 10.6 Å². The van der Waals surface area contributed by atoms with Gasteiger partial charge in [-0.1, -0.05) is 35.9 Å². The number of piperidine rings is 1. The molecule has 3 amide bonds. The summed E-state index contributed by atoms with van der Waals surface area (Å²) in [6.07, 6.45) is 6.86. The summed E-state index contributed by atoms with van der Waals surface area (Å²) >= 11 is 6.96. The third-order valence-corrected chi connectivity index (χ3v) is 7.50. The summed E-state index contributed by atoms with van der Waals surface area (Å²) in [5.41, 5.74) is 2.16. The summed E-state index contributed by atoms with van der Waals surface area (Å²) < 4.78 is 1.94. The number of imide groups is 1. The number of para-hydroxylation sites is 1. The minimum atomic E-state index is -0.382. The van der Waals surface area contributed by atoms with Crippen LogP contribution in [0.15, 0.2) is 59.6 Å². The number of amides is 3. The van der Waals surface area contributed by atoms with Gasteiger partial charge in [-0.3, -0.25) is 14.4 Å². The lowest BCUT2D eigenvalue weighted by Crippen LogP contribution is -2.43. The standard InChI is InChI=1S/C26H24ClN3O3S/c1-17-7-4-5-12-29(17)24(31)16-28-15-18(21-10-2-3-11-22(21)28)13-23-25(32)30(26(33)34-23)20-9-6-8-19(27)14-20/h2-3,6,8-11,13-15,17H,4-5,7,12,16H2,1H3/b23-13-/t17-/m1/s1. The minimum absolute atomic E-state index is 0.0979. The number of likely N-dealkylation sites (tertiary alicyclic amines) is 1. The number of anilines is 1. The summed E-state index contributed by atoms with van der Waals surface area (Å²) in [5.74, 6) is -0.284. The average Bonchev–Trinajstić information content (AvgIpc) is 3.30. The average molecular weight is 494 g/mol. The zero-order chi connectivity index (χ0) is 23.8. The Morgan fingerprint density at radius 3 is 2.76 bits per heavy atom. The van der Waals surface area contributed by atoms with Crippen LogP contribution in [0.25, 0.3) is 17.0 Å². The van der Waals surface area contributed by atoms with Crippen molar-refractivity contribution in [1.29, 1.82) is 0 Å². The molecule has 2 aliphatic rings. The number of nitrogens with zero attached hydrogens (tertiary/aromatic N) is 3. The van der Waals surface area contributed by atoms with E-state index in [2.05, 4.69) is 6.92 Å². The fourth-order valence-electron chi connectivity index (χ4n) is 4.67. The lowest BCUT2D eigenvalue weighted by Gasteiger charge is -2.33. The summed E-state index contributed by atoms with van der Waals surface area (Å²) in [7, 11) is 0. The molecular weight excluding hydrogens is 470 g/mol. The van der Waals surface area contributed by atoms with E-state index in [1.165, 1.54) is 0 Å². The maximum atomic E-state index is 13.1. The Balaban J connectivity index is 1.46. The molecular formula is C26H24ClN3O3S. The molecule has 5 rings (SSSR count). The Bertz CT molecular complexity index is 1330. The number of carbonyl (C=O) groups is 3. The highest BCUT2D eigenvalue weighted by Gasteiger charge is 2.36. The van der Waals surface area contributed by atoms with E-state index in [0.29, 0.717) is 15.6 Å². The van der Waals surface area contributed by atoms with Crippen LogP contribution < -0.4 is 4.90 Å². The summed E-state index contributed by atoms with van der Waals surface area (Å²) in [5, 5.41) is 1.02. The number of rotatable bonds is 4. The van der Waals surface area contributed by atoms with Crippen molar-refractivity contribution in [1.82, 2.24) is 9.47 Å². The van der Waals surface area contributed by atoms with E-state index in [-0.39, 0.29) is 29.6 Å². The van der Waals surface area contributed by atoms with Crippen LogP contribution in [0.4, 0.5) is 10.5 Å². The van der Waals surface area contributed by atoms with Crippen LogP contribution in [-0.4, -0.2) is 39.1 Å². The number of hydrogen-bond acceptors (Lipinski definition) is 4. The molecule has 6 nitrogen and oxygen atoms in total. The largest absolute Gasteiger partial charge is 0.338 e. The number of fused-ring (bicyclic) bond motifs is 1. The Kier molecular flexibility index (Phi) is 6.23. The number of benzene rings is 2. The highest BCUT2D eigenvalue weighted by atomic mass is 35.5. The second-order valence-corrected chi connectivity index (χ2v) is 10.1. The molecule has 0 unspecified atom stereocenters. The summed E-state index contributed by atoms with van der Waals surface area (Å²) in [6, 6.07) is 14.7. The SMILES string of the molecule is C[C@@H]1CCCCN1C(=O)Cn1cc(/C=C2\SC(=O)N(c3cccc(Cl)c3)C2=O)c2ccccc21. The van der Waals surface area contributed by atoms with Gasteiger partial charge in [-0.2, -0.15) is 0 Å². The molecule has 0 saturated carbocycles. The van der Waals surface area contributed by atoms with Crippen molar-refractivity contribution in [2.75, 3.05) is 11.4 Å². The van der Waals surface area contributed by atoms with Gasteiger partial charge in [0.2, 0.25) is 5.91 Å². The van der Waals surface area contributed by atoms with Crippen molar-refractivity contribution in [2.45, 2.75) is 38.8 Å². The molecule has 2 aliphatic heterocycles. The lowest BCUT2D eigenvalue weighted by atomic mass is 10.0. The van der Waals surface area contributed by atoms with Crippen molar-refractivity contribution in [3.63, 3.8) is 0 Å². The Hall–Kier alpha value is -3.03. The first-order valence-electron chi connectivity index (χ1n) is 11.3. The lowest BCUT2D eigenvalue weighted by molar-refractivity contribution is -0.135. The zero-order valence-corrected chi connectivity index (χ0v) is 20.3. The second-order valence-electron chi connectivity index (χ2n) is 8.66. The summed E-state index contributed by atoms with van der Waals surface area (Å²) in [4.78, 5) is 42.3. The third-order valence-electron chi connectivity index (χ3n) is 6.40. The molecule has 34 heavy (non-hydrogen) atoms. The fourth-order valence-corrected chi connectivity index (χ4v) is 5.69. The van der Waals surface area contributed by atoms with E-state index in [1.54, 1.807) is 30.3 Å². The Morgan fingerprint density at radius 2 is 1.97 bits per heavy atom. The van der Waals surface area contributed by atoms with Gasteiger partial charge in [0, 0.05) is 40.3 Å². The van der Waals surface area contributed by atoms with Gasteiger partial charge >= 0.3 is 0 Å². The van der Waals surface area contributed by atoms with Gasteiger partial charge in [0.25, 0.3) is 11.1 Å². The molecule has 0 spiro atoms. The van der Waals surface area contributed by atoms with Gasteiger partial charge in [-0.25, -0.2) is 4.90 Å². The molecule has 0 aliphatic carbocycles. The van der Waals surface area contributed by atoms with Crippen molar-refractivity contribution < 1.29 is 14.4 Å². The number of thioether (sulfide) groups is 1. The van der Waals surface area contributed by atoms with Crippen LogP contribution in [-0.2, 0) is 16.1 Å². The molecule has 2 fully saturated rings. The molecule has 174 valence electrons. The van der Waals surface area contributed by atoms with Crippen molar-refractivity contribution in [2.24, 2.45) is 0 Å².